The van der Waals surface area contributed by atoms with E-state index in [2.05, 4.69) is 10.3 Å². The van der Waals surface area contributed by atoms with E-state index >= 15 is 0 Å². The molecule has 82 valence electrons. The summed E-state index contributed by atoms with van der Waals surface area (Å²) in [6.45, 7) is 0. The van der Waals surface area contributed by atoms with Gasteiger partial charge in [-0.05, 0) is 12.5 Å². The molecule has 2 heterocycles. The second-order valence-electron chi connectivity index (χ2n) is 3.75. The molecule has 0 radical (unpaired) electrons. The van der Waals surface area contributed by atoms with E-state index in [9.17, 15) is 8.42 Å². The maximum absolute atomic E-state index is 11.2. The molecule has 6 heteroatoms. The van der Waals surface area contributed by atoms with E-state index in [1.807, 2.05) is 0 Å². The molecule has 1 aromatic heterocycles. The zero-order valence-electron chi connectivity index (χ0n) is 8.18. The molecule has 0 bridgehead atoms. The first-order valence-electron chi connectivity index (χ1n) is 4.73. The summed E-state index contributed by atoms with van der Waals surface area (Å²) in [5.74, 6) is 0.461. The molecule has 5 nitrogen and oxygen atoms in total. The van der Waals surface area contributed by atoms with E-state index in [1.165, 1.54) is 0 Å². The summed E-state index contributed by atoms with van der Waals surface area (Å²) >= 11 is 0. The lowest BCUT2D eigenvalue weighted by molar-refractivity contribution is 0.602. The third-order valence-corrected chi connectivity index (χ3v) is 4.13. The maximum atomic E-state index is 11.2. The van der Waals surface area contributed by atoms with Gasteiger partial charge in [-0.15, -0.1) is 0 Å². The summed E-state index contributed by atoms with van der Waals surface area (Å²) in [5, 5.41) is 3.12. The third-order valence-electron chi connectivity index (χ3n) is 2.36. The van der Waals surface area contributed by atoms with Crippen molar-refractivity contribution in [2.45, 2.75) is 12.5 Å². The van der Waals surface area contributed by atoms with Gasteiger partial charge in [0.05, 0.1) is 29.1 Å². The molecule has 0 spiro atoms. The minimum Gasteiger partial charge on any atom is -0.397 e. The van der Waals surface area contributed by atoms with Crippen LogP contribution in [0.5, 0.6) is 0 Å². The number of nitrogens with two attached hydrogens (primary N) is 1. The number of anilines is 2. The predicted molar refractivity (Wildman–Crippen MR) is 59.3 cm³/mol. The van der Waals surface area contributed by atoms with Gasteiger partial charge in [-0.3, -0.25) is 4.98 Å². The highest BCUT2D eigenvalue weighted by Gasteiger charge is 2.27. The first-order valence-corrected chi connectivity index (χ1v) is 6.55. The highest BCUT2D eigenvalue weighted by atomic mass is 32.2. The Hall–Kier alpha value is -1.30. The number of hydrogen-bond donors (Lipinski definition) is 2. The SMILES string of the molecule is Nc1cncc(NC2CCS(=O)(=O)C2)c1. The van der Waals surface area contributed by atoms with Gasteiger partial charge < -0.3 is 11.1 Å². The number of nitrogen functional groups attached to an aromatic ring is 1. The van der Waals surface area contributed by atoms with Gasteiger partial charge in [0.1, 0.15) is 0 Å². The zero-order chi connectivity index (χ0) is 10.9. The van der Waals surface area contributed by atoms with E-state index in [-0.39, 0.29) is 17.5 Å². The van der Waals surface area contributed by atoms with Crippen molar-refractivity contribution in [3.05, 3.63) is 18.5 Å². The summed E-state index contributed by atoms with van der Waals surface area (Å²) < 4.78 is 22.4. The second kappa shape index (κ2) is 3.69. The molecule has 1 aliphatic rings. The van der Waals surface area contributed by atoms with Crippen molar-refractivity contribution in [2.75, 3.05) is 22.6 Å². The number of nitrogens with one attached hydrogen (secondary N) is 1. The minimum atomic E-state index is -2.84. The van der Waals surface area contributed by atoms with Crippen molar-refractivity contribution in [1.29, 1.82) is 0 Å². The van der Waals surface area contributed by atoms with Crippen LogP contribution in [0.2, 0.25) is 0 Å². The lowest BCUT2D eigenvalue weighted by Crippen LogP contribution is -2.20. The highest BCUT2D eigenvalue weighted by Crippen LogP contribution is 2.17. The van der Waals surface area contributed by atoms with Gasteiger partial charge >= 0.3 is 0 Å². The number of pyridine rings is 1. The molecule has 0 aliphatic carbocycles. The largest absolute Gasteiger partial charge is 0.397 e. The molecule has 0 amide bonds. The van der Waals surface area contributed by atoms with Gasteiger partial charge in [0.15, 0.2) is 9.84 Å². The van der Waals surface area contributed by atoms with Crippen LogP contribution in [-0.2, 0) is 9.84 Å². The van der Waals surface area contributed by atoms with E-state index in [0.717, 1.165) is 5.69 Å². The summed E-state index contributed by atoms with van der Waals surface area (Å²) in [6.07, 6.45) is 3.84. The van der Waals surface area contributed by atoms with E-state index in [4.69, 9.17) is 5.73 Å². The van der Waals surface area contributed by atoms with Gasteiger partial charge in [-0.25, -0.2) is 8.42 Å². The third kappa shape index (κ3) is 2.59. The van der Waals surface area contributed by atoms with Crippen molar-refractivity contribution in [1.82, 2.24) is 4.98 Å². The monoisotopic (exact) mass is 227 g/mol. The fraction of sp³-hybridized carbons (Fsp3) is 0.444. The summed E-state index contributed by atoms with van der Waals surface area (Å²) in [6, 6.07) is 1.73. The van der Waals surface area contributed by atoms with E-state index in [0.29, 0.717) is 12.1 Å². The Morgan fingerprint density at radius 1 is 1.47 bits per heavy atom. The Labute approximate surface area is 88.6 Å². The molecule has 1 fully saturated rings. The smallest absolute Gasteiger partial charge is 0.152 e. The topological polar surface area (TPSA) is 85.1 Å². The van der Waals surface area contributed by atoms with Gasteiger partial charge in [-0.1, -0.05) is 0 Å². The predicted octanol–water partition coefficient (Wildman–Crippen LogP) is 0.263. The molecule has 1 saturated heterocycles. The molecular formula is C9H13N3O2S. The van der Waals surface area contributed by atoms with Crippen LogP contribution in [0.25, 0.3) is 0 Å². The summed E-state index contributed by atoms with van der Waals surface area (Å²) in [5.41, 5.74) is 6.91. The van der Waals surface area contributed by atoms with Gasteiger partial charge in [0.2, 0.25) is 0 Å². The molecule has 1 aliphatic heterocycles. The van der Waals surface area contributed by atoms with Crippen LogP contribution in [0, 0.1) is 0 Å². The van der Waals surface area contributed by atoms with Crippen LogP contribution in [-0.4, -0.2) is 30.9 Å². The van der Waals surface area contributed by atoms with Gasteiger partial charge in [0.25, 0.3) is 0 Å². The normalized spacial score (nSPS) is 23.9. The molecule has 15 heavy (non-hydrogen) atoms. The van der Waals surface area contributed by atoms with Crippen LogP contribution in [0.15, 0.2) is 18.5 Å². The van der Waals surface area contributed by atoms with Crippen LogP contribution in [0.1, 0.15) is 6.42 Å². The first kappa shape index (κ1) is 10.2. The quantitative estimate of drug-likeness (QED) is 0.757. The number of hydrogen-bond acceptors (Lipinski definition) is 5. The van der Waals surface area contributed by atoms with Crippen molar-refractivity contribution in [3.63, 3.8) is 0 Å². The number of nitrogens with zero attached hydrogens (tertiary/aromatic N) is 1. The molecular weight excluding hydrogens is 214 g/mol. The Morgan fingerprint density at radius 3 is 2.87 bits per heavy atom. The Bertz CT molecular complexity index is 458. The Balaban J connectivity index is 2.05. The molecule has 1 atom stereocenters. The molecule has 1 unspecified atom stereocenters. The fourth-order valence-corrected chi connectivity index (χ4v) is 3.35. The standard InChI is InChI=1S/C9H13N3O2S/c10-7-3-9(5-11-4-7)12-8-1-2-15(13,14)6-8/h3-5,8,12H,1-2,6,10H2. The van der Waals surface area contributed by atoms with Crippen molar-refractivity contribution in [3.8, 4) is 0 Å². The van der Waals surface area contributed by atoms with Crippen LogP contribution in [0.3, 0.4) is 0 Å². The van der Waals surface area contributed by atoms with E-state index in [1.54, 1.807) is 18.5 Å². The highest BCUT2D eigenvalue weighted by molar-refractivity contribution is 7.91. The second-order valence-corrected chi connectivity index (χ2v) is 5.98. The van der Waals surface area contributed by atoms with Crippen LogP contribution in [0.4, 0.5) is 11.4 Å². The molecule has 2 rings (SSSR count). The molecule has 0 aromatic carbocycles. The summed E-state index contributed by atoms with van der Waals surface area (Å²) in [4.78, 5) is 3.93. The maximum Gasteiger partial charge on any atom is 0.152 e. The van der Waals surface area contributed by atoms with Crippen molar-refractivity contribution >= 4 is 21.2 Å². The number of aromatic nitrogens is 1. The van der Waals surface area contributed by atoms with Crippen molar-refractivity contribution in [2.24, 2.45) is 0 Å². The average Bonchev–Trinajstić information content (AvgIpc) is 2.45. The fourth-order valence-electron chi connectivity index (χ4n) is 1.68. The Kier molecular flexibility index (Phi) is 2.52. The minimum absolute atomic E-state index is 0.0152. The van der Waals surface area contributed by atoms with Crippen molar-refractivity contribution < 1.29 is 8.42 Å². The van der Waals surface area contributed by atoms with Crippen LogP contribution < -0.4 is 11.1 Å². The summed E-state index contributed by atoms with van der Waals surface area (Å²) in [7, 11) is -2.84. The lowest BCUT2D eigenvalue weighted by atomic mass is 10.2. The lowest BCUT2D eigenvalue weighted by Gasteiger charge is -2.11. The zero-order valence-corrected chi connectivity index (χ0v) is 9.00. The average molecular weight is 227 g/mol. The van der Waals surface area contributed by atoms with E-state index < -0.39 is 9.84 Å². The Morgan fingerprint density at radius 2 is 2.27 bits per heavy atom. The van der Waals surface area contributed by atoms with Gasteiger partial charge in [0, 0.05) is 12.2 Å². The first-order chi connectivity index (χ1) is 7.05. The molecule has 0 saturated carbocycles. The number of rotatable bonds is 2. The number of sulfone groups is 1. The molecule has 1 aromatic rings. The van der Waals surface area contributed by atoms with Crippen LogP contribution >= 0.6 is 0 Å². The van der Waals surface area contributed by atoms with Gasteiger partial charge in [-0.2, -0.15) is 0 Å². The molecule has 3 N–H and O–H groups in total.